The smallest absolute Gasteiger partial charge is 0.251 e. The summed E-state index contributed by atoms with van der Waals surface area (Å²) in [5.74, 6) is 1.51. The van der Waals surface area contributed by atoms with Crippen LogP contribution in [0, 0.1) is 5.82 Å². The van der Waals surface area contributed by atoms with Crippen LogP contribution < -0.4 is 14.9 Å². The van der Waals surface area contributed by atoms with Gasteiger partial charge in [-0.15, -0.1) is 0 Å². The number of hydrogen-bond acceptors (Lipinski definition) is 8. The van der Waals surface area contributed by atoms with Crippen LogP contribution in [-0.2, 0) is 11.3 Å². The third kappa shape index (κ3) is 4.12. The van der Waals surface area contributed by atoms with Gasteiger partial charge in [0.05, 0.1) is 20.3 Å². The summed E-state index contributed by atoms with van der Waals surface area (Å²) in [5, 5.41) is 5.83. The van der Waals surface area contributed by atoms with Crippen molar-refractivity contribution < 1.29 is 23.2 Å². The Bertz CT molecular complexity index is 1170. The number of benzene rings is 2. The number of nitrogens with zero attached hydrogens (tertiary/aromatic N) is 4. The van der Waals surface area contributed by atoms with Gasteiger partial charge in [0.25, 0.3) is 5.91 Å². The van der Waals surface area contributed by atoms with Gasteiger partial charge in [0.1, 0.15) is 29.9 Å². The SMILES string of the molecule is COc1cc(OC)cc(-c2noc(CN3C=CN4NC(c5ccc(F)cc5)CC4C3=O)n2)c1. The van der Waals surface area contributed by atoms with Crippen molar-refractivity contribution in [2.75, 3.05) is 14.2 Å². The van der Waals surface area contributed by atoms with Crippen LogP contribution in [0.1, 0.15) is 23.9 Å². The molecule has 3 aromatic rings. The van der Waals surface area contributed by atoms with Gasteiger partial charge < -0.3 is 23.9 Å². The first kappa shape index (κ1) is 21.0. The number of ether oxygens (including phenoxy) is 2. The molecule has 2 atom stereocenters. The van der Waals surface area contributed by atoms with E-state index in [0.717, 1.165) is 5.56 Å². The molecule has 0 aliphatic carbocycles. The Morgan fingerprint density at radius 2 is 1.85 bits per heavy atom. The van der Waals surface area contributed by atoms with Crippen molar-refractivity contribution >= 4 is 5.91 Å². The molecule has 2 aliphatic heterocycles. The van der Waals surface area contributed by atoms with Crippen molar-refractivity contribution in [3.63, 3.8) is 0 Å². The summed E-state index contributed by atoms with van der Waals surface area (Å²) >= 11 is 0. The maximum Gasteiger partial charge on any atom is 0.251 e. The Hall–Kier alpha value is -3.92. The third-order valence-corrected chi connectivity index (χ3v) is 5.73. The van der Waals surface area contributed by atoms with Crippen LogP contribution in [0.15, 0.2) is 59.4 Å². The Morgan fingerprint density at radius 1 is 1.12 bits per heavy atom. The zero-order chi connectivity index (χ0) is 22.9. The van der Waals surface area contributed by atoms with E-state index < -0.39 is 0 Å². The van der Waals surface area contributed by atoms with E-state index in [1.54, 1.807) is 66.9 Å². The lowest BCUT2D eigenvalue weighted by Crippen LogP contribution is -2.47. The molecular formula is C23H22FN5O4. The van der Waals surface area contributed by atoms with Gasteiger partial charge in [0.15, 0.2) is 0 Å². The van der Waals surface area contributed by atoms with Crippen molar-refractivity contribution in [3.05, 3.63) is 72.1 Å². The standard InChI is InChI=1S/C23H22FN5O4/c1-31-17-9-15(10-18(11-17)32-2)22-25-21(33-27-22)13-28-7-8-29-20(23(28)30)12-19(26-29)14-3-5-16(24)6-4-14/h3-11,19-20,26H,12-13H2,1-2H3. The predicted octanol–water partition coefficient (Wildman–Crippen LogP) is 3.03. The Balaban J connectivity index is 1.29. The molecule has 2 aromatic carbocycles. The Labute approximate surface area is 189 Å². The van der Waals surface area contributed by atoms with Gasteiger partial charge in [-0.3, -0.25) is 4.79 Å². The number of halogens is 1. The molecule has 170 valence electrons. The summed E-state index contributed by atoms with van der Waals surface area (Å²) in [6.07, 6.45) is 4.04. The Morgan fingerprint density at radius 3 is 2.55 bits per heavy atom. The van der Waals surface area contributed by atoms with Crippen LogP contribution in [0.5, 0.6) is 11.5 Å². The predicted molar refractivity (Wildman–Crippen MR) is 115 cm³/mol. The van der Waals surface area contributed by atoms with Crippen molar-refractivity contribution in [3.8, 4) is 22.9 Å². The van der Waals surface area contributed by atoms with Crippen LogP contribution in [0.25, 0.3) is 11.4 Å². The van der Waals surface area contributed by atoms with Crippen LogP contribution in [-0.4, -0.2) is 46.2 Å². The molecule has 0 saturated carbocycles. The molecule has 1 saturated heterocycles. The number of rotatable bonds is 6. The Kier molecular flexibility index (Phi) is 5.43. The monoisotopic (exact) mass is 451 g/mol. The number of carbonyl (C=O) groups is 1. The molecule has 1 aromatic heterocycles. The zero-order valence-corrected chi connectivity index (χ0v) is 18.1. The summed E-state index contributed by atoms with van der Waals surface area (Å²) in [5.41, 5.74) is 4.89. The molecule has 0 radical (unpaired) electrons. The minimum absolute atomic E-state index is 0.0813. The zero-order valence-electron chi connectivity index (χ0n) is 18.1. The first-order valence-corrected chi connectivity index (χ1v) is 10.4. The lowest BCUT2D eigenvalue weighted by molar-refractivity contribution is -0.135. The molecule has 5 rings (SSSR count). The van der Waals surface area contributed by atoms with Crippen LogP contribution in [0.4, 0.5) is 4.39 Å². The molecule has 1 N–H and O–H groups in total. The minimum atomic E-state index is -0.380. The van der Waals surface area contributed by atoms with Gasteiger partial charge in [-0.2, -0.15) is 4.98 Å². The average Bonchev–Trinajstić information content (AvgIpc) is 3.49. The second-order valence-electron chi connectivity index (χ2n) is 7.77. The topological polar surface area (TPSA) is 93.0 Å². The summed E-state index contributed by atoms with van der Waals surface area (Å²) in [6, 6.07) is 11.1. The highest BCUT2D eigenvalue weighted by Crippen LogP contribution is 2.32. The van der Waals surface area contributed by atoms with Crippen LogP contribution >= 0.6 is 0 Å². The van der Waals surface area contributed by atoms with Crippen LogP contribution in [0.2, 0.25) is 0 Å². The number of hydrazine groups is 1. The van der Waals surface area contributed by atoms with Gasteiger partial charge >= 0.3 is 0 Å². The molecule has 0 spiro atoms. The molecule has 0 bridgehead atoms. The molecule has 3 heterocycles. The van der Waals surface area contributed by atoms with E-state index in [1.165, 1.54) is 12.1 Å². The summed E-state index contributed by atoms with van der Waals surface area (Å²) in [6.45, 7) is 0.148. The highest BCUT2D eigenvalue weighted by molar-refractivity contribution is 5.84. The maximum absolute atomic E-state index is 13.2. The van der Waals surface area contributed by atoms with E-state index in [0.29, 0.717) is 35.2 Å². The van der Waals surface area contributed by atoms with Crippen molar-refractivity contribution in [1.82, 2.24) is 25.5 Å². The quantitative estimate of drug-likeness (QED) is 0.612. The number of methoxy groups -OCH3 is 2. The van der Waals surface area contributed by atoms with Gasteiger partial charge in [-0.25, -0.2) is 9.82 Å². The number of aromatic nitrogens is 2. The third-order valence-electron chi connectivity index (χ3n) is 5.73. The second kappa shape index (κ2) is 8.55. The second-order valence-corrected chi connectivity index (χ2v) is 7.77. The van der Waals surface area contributed by atoms with E-state index in [4.69, 9.17) is 14.0 Å². The van der Waals surface area contributed by atoms with Gasteiger partial charge in [0.2, 0.25) is 11.7 Å². The fourth-order valence-electron chi connectivity index (χ4n) is 4.00. The van der Waals surface area contributed by atoms with Gasteiger partial charge in [-0.05, 0) is 36.2 Å². The van der Waals surface area contributed by atoms with Gasteiger partial charge in [-0.1, -0.05) is 17.3 Å². The van der Waals surface area contributed by atoms with Gasteiger partial charge in [0, 0.05) is 24.0 Å². The average molecular weight is 451 g/mol. The fourth-order valence-corrected chi connectivity index (χ4v) is 4.00. The highest BCUT2D eigenvalue weighted by atomic mass is 19.1. The molecule has 9 nitrogen and oxygen atoms in total. The van der Waals surface area contributed by atoms with Crippen molar-refractivity contribution in [1.29, 1.82) is 0 Å². The molecule has 1 fully saturated rings. The number of carbonyl (C=O) groups excluding carboxylic acids is 1. The van der Waals surface area contributed by atoms with E-state index in [1.807, 2.05) is 0 Å². The largest absolute Gasteiger partial charge is 0.497 e. The molecule has 2 aliphatic rings. The molecule has 33 heavy (non-hydrogen) atoms. The lowest BCUT2D eigenvalue weighted by atomic mass is 10.0. The summed E-state index contributed by atoms with van der Waals surface area (Å²) in [7, 11) is 3.13. The van der Waals surface area contributed by atoms with Crippen molar-refractivity contribution in [2.24, 2.45) is 0 Å². The molecule has 10 heteroatoms. The first-order chi connectivity index (χ1) is 16.0. The fraction of sp³-hybridized carbons (Fsp3) is 0.261. The number of fused-ring (bicyclic) bond motifs is 1. The van der Waals surface area contributed by atoms with E-state index >= 15 is 0 Å². The van der Waals surface area contributed by atoms with E-state index in [2.05, 4.69) is 15.6 Å². The summed E-state index contributed by atoms with van der Waals surface area (Å²) < 4.78 is 29.2. The lowest BCUT2D eigenvalue weighted by Gasteiger charge is -2.30. The minimum Gasteiger partial charge on any atom is -0.497 e. The first-order valence-electron chi connectivity index (χ1n) is 10.4. The maximum atomic E-state index is 13.2. The molecule has 1 amide bonds. The van der Waals surface area contributed by atoms with Crippen molar-refractivity contribution in [2.45, 2.75) is 25.0 Å². The van der Waals surface area contributed by atoms with Crippen LogP contribution in [0.3, 0.4) is 0 Å². The normalized spacial score (nSPS) is 19.7. The van der Waals surface area contributed by atoms with E-state index in [-0.39, 0.29) is 30.4 Å². The highest BCUT2D eigenvalue weighted by Gasteiger charge is 2.40. The summed E-state index contributed by atoms with van der Waals surface area (Å²) in [4.78, 5) is 19.1. The number of hydrogen-bond donors (Lipinski definition) is 1. The number of amides is 1. The number of nitrogens with one attached hydrogen (secondary N) is 1. The van der Waals surface area contributed by atoms with E-state index in [9.17, 15) is 9.18 Å². The molecular weight excluding hydrogens is 429 g/mol. The molecule has 2 unspecified atom stereocenters.